The van der Waals surface area contributed by atoms with E-state index in [2.05, 4.69) is 41.8 Å². The molecule has 0 aliphatic heterocycles. The van der Waals surface area contributed by atoms with Crippen LogP contribution in [0.25, 0.3) is 0 Å². The van der Waals surface area contributed by atoms with Gasteiger partial charge in [-0.05, 0) is 18.9 Å². The molecule has 0 rings (SSSR count). The predicted octanol–water partition coefficient (Wildman–Crippen LogP) is 3.23. The quantitative estimate of drug-likeness (QED) is 0.410. The molecule has 1 nitrogen and oxygen atoms in total. The summed E-state index contributed by atoms with van der Waals surface area (Å²) in [6.07, 6.45) is 5.46. The van der Waals surface area contributed by atoms with Gasteiger partial charge in [0.2, 0.25) is 0 Å². The Balaban J connectivity index is 3.26. The van der Waals surface area contributed by atoms with Crippen molar-refractivity contribution in [1.29, 1.82) is 0 Å². The van der Waals surface area contributed by atoms with Crippen LogP contribution in [-0.2, 0) is 0 Å². The molecular formula is C10H22IN. The highest BCUT2D eigenvalue weighted by molar-refractivity contribution is 14.1. The zero-order valence-electron chi connectivity index (χ0n) is 8.41. The Morgan fingerprint density at radius 1 is 1.33 bits per heavy atom. The third-order valence-corrected chi connectivity index (χ3v) is 2.79. The van der Waals surface area contributed by atoms with E-state index in [1.165, 1.54) is 43.2 Å². The third-order valence-electron chi connectivity index (χ3n) is 2.25. The van der Waals surface area contributed by atoms with E-state index in [4.69, 9.17) is 0 Å². The average Bonchev–Trinajstić information content (AvgIpc) is 2.11. The molecule has 1 N–H and O–H groups in total. The standard InChI is InChI=1S/C10H22IN/c1-3-5-6-10(4-2)9-12-8-7-11/h10,12H,3-9H2,1-2H3. The molecule has 0 saturated heterocycles. The minimum absolute atomic E-state index is 0.910. The van der Waals surface area contributed by atoms with Crippen molar-refractivity contribution in [3.8, 4) is 0 Å². The zero-order valence-corrected chi connectivity index (χ0v) is 10.6. The lowest BCUT2D eigenvalue weighted by Gasteiger charge is -2.14. The van der Waals surface area contributed by atoms with Crippen LogP contribution in [-0.4, -0.2) is 17.5 Å². The summed E-state index contributed by atoms with van der Waals surface area (Å²) in [5.41, 5.74) is 0. The van der Waals surface area contributed by atoms with Crippen molar-refractivity contribution in [2.75, 3.05) is 17.5 Å². The van der Waals surface area contributed by atoms with Crippen LogP contribution in [0.5, 0.6) is 0 Å². The van der Waals surface area contributed by atoms with Gasteiger partial charge >= 0.3 is 0 Å². The SMILES string of the molecule is CCCCC(CC)CNCCI. The van der Waals surface area contributed by atoms with Gasteiger partial charge in [0.15, 0.2) is 0 Å². The molecule has 0 heterocycles. The van der Waals surface area contributed by atoms with Crippen LogP contribution in [0, 0.1) is 5.92 Å². The molecule has 0 amide bonds. The highest BCUT2D eigenvalue weighted by Gasteiger charge is 2.03. The van der Waals surface area contributed by atoms with E-state index in [0.29, 0.717) is 0 Å². The van der Waals surface area contributed by atoms with Crippen LogP contribution in [0.4, 0.5) is 0 Å². The van der Waals surface area contributed by atoms with Crippen molar-refractivity contribution in [3.63, 3.8) is 0 Å². The van der Waals surface area contributed by atoms with Gasteiger partial charge in [-0.2, -0.15) is 0 Å². The van der Waals surface area contributed by atoms with Gasteiger partial charge in [-0.15, -0.1) is 0 Å². The Morgan fingerprint density at radius 2 is 2.08 bits per heavy atom. The first-order chi connectivity index (χ1) is 5.85. The number of alkyl halides is 1. The van der Waals surface area contributed by atoms with E-state index in [1.807, 2.05) is 0 Å². The molecule has 0 aromatic rings. The first kappa shape index (κ1) is 12.7. The second kappa shape index (κ2) is 9.78. The van der Waals surface area contributed by atoms with E-state index in [0.717, 1.165) is 5.92 Å². The van der Waals surface area contributed by atoms with Crippen LogP contribution in [0.3, 0.4) is 0 Å². The van der Waals surface area contributed by atoms with Crippen molar-refractivity contribution in [1.82, 2.24) is 5.32 Å². The lowest BCUT2D eigenvalue weighted by Crippen LogP contribution is -2.24. The van der Waals surface area contributed by atoms with Crippen LogP contribution in [0.2, 0.25) is 0 Å². The molecule has 2 heteroatoms. The summed E-state index contributed by atoms with van der Waals surface area (Å²) >= 11 is 2.41. The van der Waals surface area contributed by atoms with Gasteiger partial charge in [-0.25, -0.2) is 0 Å². The first-order valence-electron chi connectivity index (χ1n) is 5.11. The summed E-state index contributed by atoms with van der Waals surface area (Å²) in [5.74, 6) is 0.910. The Kier molecular flexibility index (Phi) is 10.3. The van der Waals surface area contributed by atoms with Crippen LogP contribution < -0.4 is 5.32 Å². The number of rotatable bonds is 8. The Hall–Kier alpha value is 0.690. The summed E-state index contributed by atoms with van der Waals surface area (Å²) in [6, 6.07) is 0. The molecule has 0 aromatic carbocycles. The second-order valence-electron chi connectivity index (χ2n) is 3.31. The summed E-state index contributed by atoms with van der Waals surface area (Å²) in [4.78, 5) is 0. The van der Waals surface area contributed by atoms with Gasteiger partial charge in [-0.1, -0.05) is 55.7 Å². The largest absolute Gasteiger partial charge is 0.316 e. The molecule has 0 aromatic heterocycles. The number of nitrogens with one attached hydrogen (secondary N) is 1. The van der Waals surface area contributed by atoms with Crippen molar-refractivity contribution < 1.29 is 0 Å². The lowest BCUT2D eigenvalue weighted by atomic mass is 9.99. The smallest absolute Gasteiger partial charge is 0.0121 e. The average molecular weight is 283 g/mol. The Bertz CT molecular complexity index is 85.9. The maximum absolute atomic E-state index is 3.49. The van der Waals surface area contributed by atoms with Crippen LogP contribution >= 0.6 is 22.6 Å². The molecule has 1 atom stereocenters. The van der Waals surface area contributed by atoms with Gasteiger partial charge in [-0.3, -0.25) is 0 Å². The van der Waals surface area contributed by atoms with Gasteiger partial charge in [0.25, 0.3) is 0 Å². The topological polar surface area (TPSA) is 12.0 Å². The van der Waals surface area contributed by atoms with Crippen LogP contribution in [0.15, 0.2) is 0 Å². The molecule has 1 unspecified atom stereocenters. The summed E-state index contributed by atoms with van der Waals surface area (Å²) in [5, 5.41) is 3.49. The minimum atomic E-state index is 0.910. The number of hydrogen-bond donors (Lipinski definition) is 1. The fourth-order valence-electron chi connectivity index (χ4n) is 1.32. The minimum Gasteiger partial charge on any atom is -0.316 e. The van der Waals surface area contributed by atoms with Crippen molar-refractivity contribution in [2.24, 2.45) is 5.92 Å². The molecule has 0 fully saturated rings. The molecule has 0 bridgehead atoms. The van der Waals surface area contributed by atoms with E-state index < -0.39 is 0 Å². The molecule has 0 radical (unpaired) electrons. The molecular weight excluding hydrogens is 261 g/mol. The van der Waals surface area contributed by atoms with E-state index in [9.17, 15) is 0 Å². The van der Waals surface area contributed by atoms with E-state index in [-0.39, 0.29) is 0 Å². The monoisotopic (exact) mass is 283 g/mol. The fourth-order valence-corrected chi connectivity index (χ4v) is 1.70. The van der Waals surface area contributed by atoms with Crippen molar-refractivity contribution in [2.45, 2.75) is 39.5 Å². The van der Waals surface area contributed by atoms with Gasteiger partial charge in [0.05, 0.1) is 0 Å². The van der Waals surface area contributed by atoms with Crippen LogP contribution in [0.1, 0.15) is 39.5 Å². The fraction of sp³-hybridized carbons (Fsp3) is 1.00. The number of hydrogen-bond acceptors (Lipinski definition) is 1. The number of unbranched alkanes of at least 4 members (excludes halogenated alkanes) is 1. The molecule has 74 valence electrons. The van der Waals surface area contributed by atoms with Gasteiger partial charge in [0.1, 0.15) is 0 Å². The first-order valence-corrected chi connectivity index (χ1v) is 6.64. The van der Waals surface area contributed by atoms with E-state index >= 15 is 0 Å². The molecule has 12 heavy (non-hydrogen) atoms. The van der Waals surface area contributed by atoms with E-state index in [1.54, 1.807) is 0 Å². The maximum Gasteiger partial charge on any atom is 0.0121 e. The lowest BCUT2D eigenvalue weighted by molar-refractivity contribution is 0.425. The molecule has 0 saturated carbocycles. The van der Waals surface area contributed by atoms with Crippen molar-refractivity contribution >= 4 is 22.6 Å². The predicted molar refractivity (Wildman–Crippen MR) is 65.1 cm³/mol. The van der Waals surface area contributed by atoms with Crippen molar-refractivity contribution in [3.05, 3.63) is 0 Å². The summed E-state index contributed by atoms with van der Waals surface area (Å²) < 4.78 is 1.22. The summed E-state index contributed by atoms with van der Waals surface area (Å²) in [6.45, 7) is 6.96. The second-order valence-corrected chi connectivity index (χ2v) is 4.39. The highest BCUT2D eigenvalue weighted by Crippen LogP contribution is 2.10. The molecule has 0 spiro atoms. The highest BCUT2D eigenvalue weighted by atomic mass is 127. The Morgan fingerprint density at radius 3 is 2.58 bits per heavy atom. The molecule has 0 aliphatic rings. The zero-order chi connectivity index (χ0) is 9.23. The summed E-state index contributed by atoms with van der Waals surface area (Å²) in [7, 11) is 0. The molecule has 0 aliphatic carbocycles. The maximum atomic E-state index is 3.49. The van der Waals surface area contributed by atoms with Gasteiger partial charge < -0.3 is 5.32 Å². The third kappa shape index (κ3) is 7.35. The van der Waals surface area contributed by atoms with Gasteiger partial charge in [0, 0.05) is 11.0 Å². The number of halogens is 1. The normalized spacial score (nSPS) is 13.2. The Labute approximate surface area is 90.8 Å².